The lowest BCUT2D eigenvalue weighted by Gasteiger charge is -2.13. The molecule has 3 aromatic carbocycles. The highest BCUT2D eigenvalue weighted by Crippen LogP contribution is 2.24. The number of rotatable bonds is 9. The number of aryl methyl sites for hydroxylation is 2. The van der Waals surface area contributed by atoms with E-state index in [0.717, 1.165) is 46.0 Å². The van der Waals surface area contributed by atoms with E-state index in [1.165, 1.54) is 11.7 Å². The van der Waals surface area contributed by atoms with Gasteiger partial charge in [-0.25, -0.2) is 9.97 Å². The Morgan fingerprint density at radius 2 is 1.82 bits per heavy atom. The van der Waals surface area contributed by atoms with Crippen LogP contribution in [0.4, 0.5) is 17.2 Å². The van der Waals surface area contributed by atoms with Crippen molar-refractivity contribution in [1.29, 1.82) is 0 Å². The molecular weight excluding hydrogens is 412 g/mol. The molecule has 0 spiro atoms. The van der Waals surface area contributed by atoms with Gasteiger partial charge in [0.15, 0.2) is 0 Å². The molecule has 0 aliphatic heterocycles. The molecule has 33 heavy (non-hydrogen) atoms. The van der Waals surface area contributed by atoms with E-state index < -0.39 is 0 Å². The molecule has 168 valence electrons. The third-order valence-electron chi connectivity index (χ3n) is 5.38. The molecule has 0 unspecified atom stereocenters. The average Bonchev–Trinajstić information content (AvgIpc) is 2.82. The molecule has 0 bridgehead atoms. The second-order valence-corrected chi connectivity index (χ2v) is 7.90. The van der Waals surface area contributed by atoms with Gasteiger partial charge >= 0.3 is 0 Å². The Morgan fingerprint density at radius 3 is 2.64 bits per heavy atom. The van der Waals surface area contributed by atoms with Gasteiger partial charge in [-0.05, 0) is 60.4 Å². The third kappa shape index (κ3) is 6.07. The summed E-state index contributed by atoms with van der Waals surface area (Å²) in [7, 11) is 0. The summed E-state index contributed by atoms with van der Waals surface area (Å²) in [6.07, 6.45) is 3.38. The molecule has 0 fully saturated rings. The molecule has 0 aliphatic carbocycles. The van der Waals surface area contributed by atoms with Gasteiger partial charge in [-0.2, -0.15) is 0 Å². The molecule has 0 saturated carbocycles. The average molecular weight is 441 g/mol. The number of ether oxygens (including phenoxy) is 1. The second-order valence-electron chi connectivity index (χ2n) is 7.90. The van der Waals surface area contributed by atoms with E-state index in [0.29, 0.717) is 19.4 Å². The first kappa shape index (κ1) is 22.3. The Kier molecular flexibility index (Phi) is 7.15. The summed E-state index contributed by atoms with van der Waals surface area (Å²) in [4.78, 5) is 20.9. The van der Waals surface area contributed by atoms with E-state index >= 15 is 0 Å². The van der Waals surface area contributed by atoms with E-state index in [1.807, 2.05) is 61.5 Å². The van der Waals surface area contributed by atoms with Gasteiger partial charge < -0.3 is 15.4 Å². The van der Waals surface area contributed by atoms with E-state index in [4.69, 9.17) is 4.74 Å². The molecule has 0 atom stereocenters. The monoisotopic (exact) mass is 440 g/mol. The van der Waals surface area contributed by atoms with Gasteiger partial charge in [0, 0.05) is 29.6 Å². The lowest BCUT2D eigenvalue weighted by atomic mass is 10.1. The number of nitrogens with one attached hydrogen (secondary N) is 2. The molecule has 6 nitrogen and oxygen atoms in total. The molecule has 1 heterocycles. The van der Waals surface area contributed by atoms with Gasteiger partial charge in [-0.1, -0.05) is 43.3 Å². The molecular formula is C27H28N4O2. The Morgan fingerprint density at radius 1 is 0.970 bits per heavy atom. The lowest BCUT2D eigenvalue weighted by Crippen LogP contribution is -2.14. The highest BCUT2D eigenvalue weighted by Gasteiger charge is 2.09. The van der Waals surface area contributed by atoms with Gasteiger partial charge in [0.25, 0.3) is 0 Å². The van der Waals surface area contributed by atoms with Crippen LogP contribution in [0.5, 0.6) is 5.75 Å². The highest BCUT2D eigenvalue weighted by atomic mass is 16.5. The molecule has 6 heteroatoms. The van der Waals surface area contributed by atoms with Crippen molar-refractivity contribution in [1.82, 2.24) is 9.97 Å². The highest BCUT2D eigenvalue weighted by molar-refractivity contribution is 5.92. The molecule has 1 amide bonds. The predicted octanol–water partition coefficient (Wildman–Crippen LogP) is 6.04. The Balaban J connectivity index is 1.31. The summed E-state index contributed by atoms with van der Waals surface area (Å²) in [5.74, 6) is 1.51. The van der Waals surface area contributed by atoms with Crippen molar-refractivity contribution < 1.29 is 9.53 Å². The summed E-state index contributed by atoms with van der Waals surface area (Å²) >= 11 is 0. The quantitative estimate of drug-likeness (QED) is 0.310. The number of carbonyl (C=O) groups is 1. The largest absolute Gasteiger partial charge is 0.494 e. The number of anilines is 3. The van der Waals surface area contributed by atoms with Crippen LogP contribution in [-0.2, 0) is 11.2 Å². The first-order valence-electron chi connectivity index (χ1n) is 11.2. The maximum absolute atomic E-state index is 12.6. The SMILES string of the molecule is CCc1ccc(Nc2cc(C)ncn2)cc1NC(=O)CCCOc1ccc2ccccc2c1. The maximum atomic E-state index is 12.6. The fourth-order valence-electron chi connectivity index (χ4n) is 3.64. The Bertz CT molecular complexity index is 1260. The summed E-state index contributed by atoms with van der Waals surface area (Å²) < 4.78 is 5.85. The number of aromatic nitrogens is 2. The second kappa shape index (κ2) is 10.6. The van der Waals surface area contributed by atoms with Crippen molar-refractivity contribution in [3.63, 3.8) is 0 Å². The van der Waals surface area contributed by atoms with Crippen LogP contribution < -0.4 is 15.4 Å². The first-order valence-corrected chi connectivity index (χ1v) is 11.2. The van der Waals surface area contributed by atoms with Crippen LogP contribution in [-0.4, -0.2) is 22.5 Å². The van der Waals surface area contributed by atoms with Crippen molar-refractivity contribution in [3.05, 3.63) is 84.3 Å². The number of benzene rings is 3. The van der Waals surface area contributed by atoms with Crippen LogP contribution in [0.3, 0.4) is 0 Å². The van der Waals surface area contributed by atoms with Crippen molar-refractivity contribution >= 4 is 33.9 Å². The van der Waals surface area contributed by atoms with E-state index in [2.05, 4.69) is 39.7 Å². The van der Waals surface area contributed by atoms with Crippen LogP contribution in [0, 0.1) is 6.92 Å². The van der Waals surface area contributed by atoms with Crippen molar-refractivity contribution in [3.8, 4) is 5.75 Å². The van der Waals surface area contributed by atoms with Crippen LogP contribution in [0.2, 0.25) is 0 Å². The standard InChI is InChI=1S/C27H28N4O2/c1-3-20-10-12-23(30-26-15-19(2)28-18-29-26)17-25(20)31-27(32)9-6-14-33-24-13-11-21-7-4-5-8-22(21)16-24/h4-5,7-8,10-13,15-18H,3,6,9,14H2,1-2H3,(H,31,32)(H,28,29,30). The van der Waals surface area contributed by atoms with Crippen molar-refractivity contribution in [2.24, 2.45) is 0 Å². The molecule has 2 N–H and O–H groups in total. The molecule has 4 aromatic rings. The predicted molar refractivity (Wildman–Crippen MR) is 133 cm³/mol. The summed E-state index contributed by atoms with van der Waals surface area (Å²) in [6.45, 7) is 4.48. The number of hydrogen-bond acceptors (Lipinski definition) is 5. The molecule has 0 saturated heterocycles. The topological polar surface area (TPSA) is 76.1 Å². The fraction of sp³-hybridized carbons (Fsp3) is 0.222. The zero-order valence-electron chi connectivity index (χ0n) is 19.0. The maximum Gasteiger partial charge on any atom is 0.224 e. The zero-order chi connectivity index (χ0) is 23.0. The number of nitrogens with zero attached hydrogens (tertiary/aromatic N) is 2. The number of amides is 1. The third-order valence-corrected chi connectivity index (χ3v) is 5.38. The van der Waals surface area contributed by atoms with Crippen LogP contribution in [0.1, 0.15) is 31.0 Å². The minimum atomic E-state index is -0.0261. The lowest BCUT2D eigenvalue weighted by molar-refractivity contribution is -0.116. The van der Waals surface area contributed by atoms with E-state index in [1.54, 1.807) is 0 Å². The first-order chi connectivity index (χ1) is 16.1. The van der Waals surface area contributed by atoms with Crippen LogP contribution in [0.25, 0.3) is 10.8 Å². The van der Waals surface area contributed by atoms with Gasteiger partial charge in [0.1, 0.15) is 17.9 Å². The molecule has 1 aromatic heterocycles. The normalized spacial score (nSPS) is 10.7. The molecule has 0 aliphatic rings. The minimum absolute atomic E-state index is 0.0261. The summed E-state index contributed by atoms with van der Waals surface area (Å²) in [6, 6.07) is 22.1. The van der Waals surface area contributed by atoms with Gasteiger partial charge in [0.2, 0.25) is 5.91 Å². The summed E-state index contributed by atoms with van der Waals surface area (Å²) in [5, 5.41) is 8.65. The Hall–Kier alpha value is -3.93. The van der Waals surface area contributed by atoms with Crippen molar-refractivity contribution in [2.45, 2.75) is 33.1 Å². The molecule has 0 radical (unpaired) electrons. The van der Waals surface area contributed by atoms with Crippen LogP contribution in [0.15, 0.2) is 73.1 Å². The zero-order valence-corrected chi connectivity index (χ0v) is 19.0. The number of fused-ring (bicyclic) bond motifs is 1. The van der Waals surface area contributed by atoms with E-state index in [9.17, 15) is 4.79 Å². The van der Waals surface area contributed by atoms with Crippen molar-refractivity contribution in [2.75, 3.05) is 17.2 Å². The van der Waals surface area contributed by atoms with Crippen LogP contribution >= 0.6 is 0 Å². The van der Waals surface area contributed by atoms with Gasteiger partial charge in [-0.3, -0.25) is 4.79 Å². The van der Waals surface area contributed by atoms with E-state index in [-0.39, 0.29) is 5.91 Å². The summed E-state index contributed by atoms with van der Waals surface area (Å²) in [5.41, 5.74) is 3.64. The van der Waals surface area contributed by atoms with Gasteiger partial charge in [-0.15, -0.1) is 0 Å². The smallest absolute Gasteiger partial charge is 0.224 e. The number of hydrogen-bond donors (Lipinski definition) is 2. The number of carbonyl (C=O) groups excluding carboxylic acids is 1. The minimum Gasteiger partial charge on any atom is -0.494 e. The fourth-order valence-corrected chi connectivity index (χ4v) is 3.64. The Labute approximate surface area is 194 Å². The van der Waals surface area contributed by atoms with Gasteiger partial charge in [0.05, 0.1) is 6.61 Å². The molecule has 4 rings (SSSR count).